The molecule has 0 N–H and O–H groups in total. The molecule has 4 nitrogen and oxygen atoms in total. The normalized spacial score (nSPS) is 14.6. The standard InChI is InChI=1S/C56H40N4/c1-35-15-13-21-39(31-35)57(37-17-5-3-6-18-37)49-29-27-41-45-33-52-46(34-51(45)59-47-25-11-9-23-43(47)53(49)55(41)59)42-28-30-50(54-44-24-10-12-26-48(44)60(52)56(42)54)58(38-19-7-4-8-20-38)40-22-14-16-36(2)32-40/h3-25,27-34,48H,26H2,1-2H3. The fraction of sp³-hybridized carbons (Fsp3) is 0.0714. The van der Waals surface area contributed by atoms with Crippen LogP contribution in [0.4, 0.5) is 34.1 Å². The van der Waals surface area contributed by atoms with Crippen LogP contribution in [0.5, 0.6) is 0 Å². The number of hydrogen-bond acceptors (Lipinski definition) is 2. The molecule has 1 unspecified atom stereocenters. The fourth-order valence-electron chi connectivity index (χ4n) is 10.7. The summed E-state index contributed by atoms with van der Waals surface area (Å²) in [5, 5.41) is 7.72. The van der Waals surface area contributed by atoms with E-state index < -0.39 is 0 Å². The van der Waals surface area contributed by atoms with E-state index >= 15 is 0 Å². The topological polar surface area (TPSA) is 15.8 Å². The molecular weight excluding hydrogens is 729 g/mol. The molecule has 0 fully saturated rings. The molecule has 1 aliphatic carbocycles. The van der Waals surface area contributed by atoms with Crippen molar-refractivity contribution in [2.75, 3.05) is 9.80 Å². The quantitative estimate of drug-likeness (QED) is 0.167. The Morgan fingerprint density at radius 1 is 0.467 bits per heavy atom. The SMILES string of the molecule is Cc1cccc(N(c2ccccc2)c2ccc3c4cc5c(cc4n4c3c2C2=CC=CCC24)c2ccc(N(c3ccccc3)c3cccc(C)c3)c3c4ccccc4n5c23)c1. The van der Waals surface area contributed by atoms with Crippen molar-refractivity contribution in [1.29, 1.82) is 0 Å². The van der Waals surface area contributed by atoms with Crippen molar-refractivity contribution >= 4 is 99.6 Å². The third-order valence-corrected chi connectivity index (χ3v) is 13.1. The summed E-state index contributed by atoms with van der Waals surface area (Å²) in [7, 11) is 0. The molecule has 4 heterocycles. The van der Waals surface area contributed by atoms with Gasteiger partial charge in [-0.25, -0.2) is 0 Å². The minimum atomic E-state index is 0.219. The highest BCUT2D eigenvalue weighted by Gasteiger charge is 2.36. The number of aryl methyl sites for hydroxylation is 2. The number of anilines is 6. The summed E-state index contributed by atoms with van der Waals surface area (Å²) in [6.45, 7) is 4.36. The summed E-state index contributed by atoms with van der Waals surface area (Å²) < 4.78 is 5.22. The van der Waals surface area contributed by atoms with E-state index in [-0.39, 0.29) is 6.04 Å². The number of nitrogens with zero attached hydrogens (tertiary/aromatic N) is 4. The summed E-state index contributed by atoms with van der Waals surface area (Å²) >= 11 is 0. The number of aromatic nitrogens is 2. The molecule has 284 valence electrons. The first-order valence-corrected chi connectivity index (χ1v) is 21.0. The lowest BCUT2D eigenvalue weighted by Gasteiger charge is -2.28. The third kappa shape index (κ3) is 4.56. The first-order valence-electron chi connectivity index (χ1n) is 21.0. The molecule has 0 saturated carbocycles. The average Bonchev–Trinajstić information content (AvgIpc) is 4.01. The Kier molecular flexibility index (Phi) is 6.95. The Morgan fingerprint density at radius 3 is 1.75 bits per heavy atom. The van der Waals surface area contributed by atoms with E-state index in [1.54, 1.807) is 0 Å². The molecule has 13 rings (SSSR count). The molecule has 1 atom stereocenters. The van der Waals surface area contributed by atoms with Crippen LogP contribution in [0.2, 0.25) is 0 Å². The van der Waals surface area contributed by atoms with E-state index in [4.69, 9.17) is 0 Å². The molecule has 0 spiro atoms. The number of allylic oxidation sites excluding steroid dienone is 4. The van der Waals surface area contributed by atoms with Gasteiger partial charge >= 0.3 is 0 Å². The van der Waals surface area contributed by atoms with Gasteiger partial charge in [0.1, 0.15) is 0 Å². The third-order valence-electron chi connectivity index (χ3n) is 13.1. The lowest BCUT2D eigenvalue weighted by Crippen LogP contribution is -2.12. The molecule has 11 aromatic rings. The van der Waals surface area contributed by atoms with Crippen LogP contribution in [0.3, 0.4) is 0 Å². The molecule has 1 aliphatic heterocycles. The first kappa shape index (κ1) is 33.4. The Balaban J connectivity index is 1.11. The van der Waals surface area contributed by atoms with Gasteiger partial charge in [0.25, 0.3) is 0 Å². The van der Waals surface area contributed by atoms with Crippen molar-refractivity contribution in [3.8, 4) is 0 Å². The molecule has 60 heavy (non-hydrogen) atoms. The Labute approximate surface area is 348 Å². The van der Waals surface area contributed by atoms with Gasteiger partial charge in [0.15, 0.2) is 0 Å². The summed E-state index contributed by atoms with van der Waals surface area (Å²) in [6, 6.07) is 63.1. The zero-order valence-corrected chi connectivity index (χ0v) is 33.5. The smallest absolute Gasteiger partial charge is 0.0641 e. The second-order valence-electron chi connectivity index (χ2n) is 16.6. The molecule has 0 bridgehead atoms. The second-order valence-corrected chi connectivity index (χ2v) is 16.6. The maximum absolute atomic E-state index is 2.67. The summed E-state index contributed by atoms with van der Waals surface area (Å²) in [5.41, 5.74) is 18.6. The van der Waals surface area contributed by atoms with Crippen LogP contribution < -0.4 is 9.80 Å². The zero-order valence-electron chi connectivity index (χ0n) is 33.5. The highest BCUT2D eigenvalue weighted by atomic mass is 15.2. The van der Waals surface area contributed by atoms with Gasteiger partial charge in [-0.2, -0.15) is 0 Å². The van der Waals surface area contributed by atoms with Gasteiger partial charge in [0.2, 0.25) is 0 Å². The van der Waals surface area contributed by atoms with Crippen LogP contribution in [0, 0.1) is 13.8 Å². The van der Waals surface area contributed by atoms with Crippen molar-refractivity contribution in [3.63, 3.8) is 0 Å². The minimum Gasteiger partial charge on any atom is -0.332 e. The van der Waals surface area contributed by atoms with Crippen molar-refractivity contribution in [2.45, 2.75) is 26.3 Å². The van der Waals surface area contributed by atoms with Gasteiger partial charge < -0.3 is 18.8 Å². The summed E-state index contributed by atoms with van der Waals surface area (Å²) in [5.74, 6) is 0. The summed E-state index contributed by atoms with van der Waals surface area (Å²) in [6.07, 6.45) is 7.92. The highest BCUT2D eigenvalue weighted by molar-refractivity contribution is 6.30. The number of benzene rings is 8. The number of hydrogen-bond donors (Lipinski definition) is 0. The molecule has 8 aromatic carbocycles. The van der Waals surface area contributed by atoms with Crippen LogP contribution >= 0.6 is 0 Å². The van der Waals surface area contributed by atoms with Crippen molar-refractivity contribution in [1.82, 2.24) is 8.97 Å². The number of para-hydroxylation sites is 3. The first-order chi connectivity index (χ1) is 29.6. The lowest BCUT2D eigenvalue weighted by molar-refractivity contribution is 0.685. The van der Waals surface area contributed by atoms with E-state index in [1.807, 2.05) is 0 Å². The minimum absolute atomic E-state index is 0.219. The Hall–Kier alpha value is -7.56. The van der Waals surface area contributed by atoms with Crippen molar-refractivity contribution in [2.24, 2.45) is 0 Å². The predicted molar refractivity (Wildman–Crippen MR) is 254 cm³/mol. The molecule has 2 aliphatic rings. The second kappa shape index (κ2) is 12.5. The maximum Gasteiger partial charge on any atom is 0.0641 e. The number of fused-ring (bicyclic) bond motifs is 12. The maximum atomic E-state index is 2.67. The number of rotatable bonds is 6. The fourth-order valence-corrected chi connectivity index (χ4v) is 10.7. The highest BCUT2D eigenvalue weighted by Crippen LogP contribution is 2.55. The van der Waals surface area contributed by atoms with Crippen molar-refractivity contribution in [3.05, 3.63) is 205 Å². The van der Waals surface area contributed by atoms with Gasteiger partial charge in [-0.3, -0.25) is 0 Å². The zero-order chi connectivity index (χ0) is 39.6. The van der Waals surface area contributed by atoms with E-state index in [2.05, 4.69) is 221 Å². The van der Waals surface area contributed by atoms with Crippen molar-refractivity contribution < 1.29 is 0 Å². The molecular formula is C56H40N4. The molecule has 0 radical (unpaired) electrons. The Bertz CT molecular complexity index is 3600. The predicted octanol–water partition coefficient (Wildman–Crippen LogP) is 15.4. The van der Waals surface area contributed by atoms with Gasteiger partial charge in [-0.15, -0.1) is 0 Å². The van der Waals surface area contributed by atoms with Gasteiger partial charge in [0, 0.05) is 60.6 Å². The molecule has 3 aromatic heterocycles. The van der Waals surface area contributed by atoms with E-state index in [0.717, 1.165) is 23.5 Å². The van der Waals surface area contributed by atoms with Crippen LogP contribution in [-0.4, -0.2) is 8.97 Å². The van der Waals surface area contributed by atoms with Crippen LogP contribution in [0.25, 0.3) is 65.5 Å². The van der Waals surface area contributed by atoms with E-state index in [0.29, 0.717) is 0 Å². The molecule has 4 heteroatoms. The van der Waals surface area contributed by atoms with Crippen LogP contribution in [0.15, 0.2) is 188 Å². The monoisotopic (exact) mass is 768 g/mol. The van der Waals surface area contributed by atoms with Gasteiger partial charge in [-0.05, 0) is 116 Å². The largest absolute Gasteiger partial charge is 0.332 e. The molecule has 0 saturated heterocycles. The molecule has 0 amide bonds. The van der Waals surface area contributed by atoms with E-state index in [9.17, 15) is 0 Å². The van der Waals surface area contributed by atoms with Gasteiger partial charge in [0.05, 0.1) is 45.0 Å². The van der Waals surface area contributed by atoms with E-state index in [1.165, 1.54) is 99.2 Å². The summed E-state index contributed by atoms with van der Waals surface area (Å²) in [4.78, 5) is 4.89. The lowest BCUT2D eigenvalue weighted by atomic mass is 9.92. The van der Waals surface area contributed by atoms with Crippen LogP contribution in [0.1, 0.15) is 29.2 Å². The average molecular weight is 769 g/mol. The Morgan fingerprint density at radius 2 is 1.05 bits per heavy atom. The van der Waals surface area contributed by atoms with Crippen LogP contribution in [-0.2, 0) is 0 Å². The van der Waals surface area contributed by atoms with Gasteiger partial charge in [-0.1, -0.05) is 109 Å².